The number of carbonyl (C=O) groups excluding carboxylic acids is 1. The van der Waals surface area contributed by atoms with Crippen LogP contribution in [-0.4, -0.2) is 35.1 Å². The van der Waals surface area contributed by atoms with Crippen molar-refractivity contribution in [2.24, 2.45) is 0 Å². The first-order valence-electron chi connectivity index (χ1n) is 7.14. The summed E-state index contributed by atoms with van der Waals surface area (Å²) in [5.41, 5.74) is 0.691. The van der Waals surface area contributed by atoms with Crippen LogP contribution in [0, 0.1) is 0 Å². The average molecular weight is 350 g/mol. The molecule has 0 aliphatic rings. The number of nitrogens with zero attached hydrogens (tertiary/aromatic N) is 1. The van der Waals surface area contributed by atoms with Gasteiger partial charge in [-0.1, -0.05) is 28.1 Å². The fraction of sp³-hybridized carbons (Fsp3) is 0.353. The number of hydrogen-bond acceptors (Lipinski definition) is 2. The van der Waals surface area contributed by atoms with Crippen molar-refractivity contribution in [2.75, 3.05) is 13.2 Å². The third kappa shape index (κ3) is 3.83. The first kappa shape index (κ1) is 16.0. The van der Waals surface area contributed by atoms with Gasteiger partial charge in [-0.3, -0.25) is 4.79 Å². The number of halogens is 1. The minimum atomic E-state index is 0.0169. The third-order valence-electron chi connectivity index (χ3n) is 3.49. The predicted octanol–water partition coefficient (Wildman–Crippen LogP) is 3.84. The van der Waals surface area contributed by atoms with E-state index in [1.54, 1.807) is 4.90 Å². The number of aliphatic hydroxyl groups is 1. The molecule has 21 heavy (non-hydrogen) atoms. The van der Waals surface area contributed by atoms with E-state index in [0.717, 1.165) is 15.2 Å². The van der Waals surface area contributed by atoms with Gasteiger partial charge >= 0.3 is 0 Å². The Morgan fingerprint density at radius 1 is 1.19 bits per heavy atom. The zero-order valence-corrected chi connectivity index (χ0v) is 13.9. The highest BCUT2D eigenvalue weighted by molar-refractivity contribution is 9.10. The lowest BCUT2D eigenvalue weighted by Gasteiger charge is -2.26. The maximum Gasteiger partial charge on any atom is 0.254 e. The quantitative estimate of drug-likeness (QED) is 0.890. The van der Waals surface area contributed by atoms with Gasteiger partial charge in [0.05, 0.1) is 0 Å². The van der Waals surface area contributed by atoms with Crippen LogP contribution in [0.2, 0.25) is 0 Å². The van der Waals surface area contributed by atoms with Crippen molar-refractivity contribution in [3.63, 3.8) is 0 Å². The summed E-state index contributed by atoms with van der Waals surface area (Å²) in [7, 11) is 0. The van der Waals surface area contributed by atoms with E-state index in [-0.39, 0.29) is 18.6 Å². The average Bonchev–Trinajstić information content (AvgIpc) is 2.46. The van der Waals surface area contributed by atoms with Crippen molar-refractivity contribution in [1.29, 1.82) is 0 Å². The van der Waals surface area contributed by atoms with Crippen molar-refractivity contribution in [3.05, 3.63) is 46.4 Å². The molecule has 4 heteroatoms. The van der Waals surface area contributed by atoms with Crippen molar-refractivity contribution < 1.29 is 9.90 Å². The Bertz CT molecular complexity index is 640. The predicted molar refractivity (Wildman–Crippen MR) is 89.5 cm³/mol. The molecule has 2 aromatic carbocycles. The molecule has 0 aromatic heterocycles. The number of amides is 1. The highest BCUT2D eigenvalue weighted by Crippen LogP contribution is 2.22. The van der Waals surface area contributed by atoms with E-state index in [2.05, 4.69) is 15.9 Å². The molecule has 0 saturated carbocycles. The van der Waals surface area contributed by atoms with Gasteiger partial charge in [0, 0.05) is 29.2 Å². The van der Waals surface area contributed by atoms with Gasteiger partial charge in [0.2, 0.25) is 0 Å². The van der Waals surface area contributed by atoms with Gasteiger partial charge in [0.25, 0.3) is 5.91 Å². The van der Waals surface area contributed by atoms with E-state index in [0.29, 0.717) is 18.5 Å². The van der Waals surface area contributed by atoms with E-state index in [1.165, 1.54) is 0 Å². The molecule has 0 saturated heterocycles. The van der Waals surface area contributed by atoms with Crippen molar-refractivity contribution >= 4 is 32.6 Å². The normalized spacial score (nSPS) is 11.1. The van der Waals surface area contributed by atoms with E-state index in [4.69, 9.17) is 5.11 Å². The molecular weight excluding hydrogens is 330 g/mol. The molecule has 0 aliphatic heterocycles. The summed E-state index contributed by atoms with van der Waals surface area (Å²) in [5.74, 6) is 0.0169. The van der Waals surface area contributed by atoms with Crippen LogP contribution in [0.15, 0.2) is 40.9 Å². The van der Waals surface area contributed by atoms with Gasteiger partial charge in [0.15, 0.2) is 0 Å². The summed E-state index contributed by atoms with van der Waals surface area (Å²) < 4.78 is 1.03. The lowest BCUT2D eigenvalue weighted by molar-refractivity contribution is 0.0693. The summed E-state index contributed by atoms with van der Waals surface area (Å²) in [6.45, 7) is 4.66. The van der Waals surface area contributed by atoms with E-state index in [1.807, 2.05) is 50.2 Å². The second-order valence-electron chi connectivity index (χ2n) is 5.38. The number of benzene rings is 2. The first-order chi connectivity index (χ1) is 10.0. The molecule has 3 nitrogen and oxygen atoms in total. The highest BCUT2D eigenvalue weighted by atomic mass is 79.9. The largest absolute Gasteiger partial charge is 0.396 e. The number of aliphatic hydroxyl groups excluding tert-OH is 1. The molecule has 0 aliphatic carbocycles. The van der Waals surface area contributed by atoms with Gasteiger partial charge < -0.3 is 10.0 Å². The van der Waals surface area contributed by atoms with Crippen molar-refractivity contribution in [2.45, 2.75) is 26.3 Å². The molecule has 0 atom stereocenters. The summed E-state index contributed by atoms with van der Waals surface area (Å²) in [6.07, 6.45) is 0.602. The molecule has 1 amide bonds. The summed E-state index contributed by atoms with van der Waals surface area (Å²) in [5, 5.41) is 11.1. The second-order valence-corrected chi connectivity index (χ2v) is 6.29. The SMILES string of the molecule is CC(C)N(CCCO)C(=O)c1ccc2cc(Br)ccc2c1. The Morgan fingerprint density at radius 3 is 2.52 bits per heavy atom. The highest BCUT2D eigenvalue weighted by Gasteiger charge is 2.18. The fourth-order valence-corrected chi connectivity index (χ4v) is 2.73. The number of hydrogen-bond donors (Lipinski definition) is 1. The second kappa shape index (κ2) is 7.05. The summed E-state index contributed by atoms with van der Waals surface area (Å²) in [6, 6.07) is 11.9. The van der Waals surface area contributed by atoms with Crippen LogP contribution in [0.5, 0.6) is 0 Å². The minimum Gasteiger partial charge on any atom is -0.396 e. The van der Waals surface area contributed by atoms with Crippen LogP contribution in [-0.2, 0) is 0 Å². The molecule has 2 rings (SSSR count). The molecule has 0 fully saturated rings. The number of fused-ring (bicyclic) bond motifs is 1. The van der Waals surface area contributed by atoms with E-state index in [9.17, 15) is 4.79 Å². The van der Waals surface area contributed by atoms with Crippen LogP contribution in [0.25, 0.3) is 10.8 Å². The zero-order valence-electron chi connectivity index (χ0n) is 12.3. The van der Waals surface area contributed by atoms with Crippen LogP contribution < -0.4 is 0 Å². The topological polar surface area (TPSA) is 40.5 Å². The smallest absolute Gasteiger partial charge is 0.254 e. The van der Waals surface area contributed by atoms with Crippen molar-refractivity contribution in [3.8, 4) is 0 Å². The van der Waals surface area contributed by atoms with Crippen LogP contribution >= 0.6 is 15.9 Å². The molecule has 0 radical (unpaired) electrons. The first-order valence-corrected chi connectivity index (χ1v) is 7.93. The van der Waals surface area contributed by atoms with Crippen LogP contribution in [0.1, 0.15) is 30.6 Å². The van der Waals surface area contributed by atoms with Gasteiger partial charge in [-0.15, -0.1) is 0 Å². The van der Waals surface area contributed by atoms with Gasteiger partial charge in [-0.05, 0) is 55.3 Å². The molecule has 0 unspecified atom stereocenters. The minimum absolute atomic E-state index is 0.0169. The number of rotatable bonds is 5. The van der Waals surface area contributed by atoms with Crippen LogP contribution in [0.3, 0.4) is 0 Å². The zero-order chi connectivity index (χ0) is 15.4. The third-order valence-corrected chi connectivity index (χ3v) is 3.98. The van der Waals surface area contributed by atoms with E-state index < -0.39 is 0 Å². The fourth-order valence-electron chi connectivity index (χ4n) is 2.35. The summed E-state index contributed by atoms with van der Waals surface area (Å²) >= 11 is 3.45. The van der Waals surface area contributed by atoms with Gasteiger partial charge in [-0.2, -0.15) is 0 Å². The number of carbonyl (C=O) groups is 1. The molecule has 112 valence electrons. The molecule has 1 N–H and O–H groups in total. The van der Waals surface area contributed by atoms with Crippen LogP contribution in [0.4, 0.5) is 0 Å². The Labute approximate surface area is 133 Å². The molecule has 0 heterocycles. The molecule has 0 spiro atoms. The standard InChI is InChI=1S/C17H20BrNO2/c1-12(2)19(8-3-9-20)17(21)15-5-4-14-11-16(18)7-6-13(14)10-15/h4-7,10-12,20H,3,8-9H2,1-2H3. The lowest BCUT2D eigenvalue weighted by Crippen LogP contribution is -2.38. The maximum absolute atomic E-state index is 12.6. The molecule has 0 bridgehead atoms. The Hall–Kier alpha value is -1.39. The Balaban J connectivity index is 2.31. The maximum atomic E-state index is 12.6. The Kier molecular flexibility index (Phi) is 5.37. The van der Waals surface area contributed by atoms with Gasteiger partial charge in [-0.25, -0.2) is 0 Å². The summed E-state index contributed by atoms with van der Waals surface area (Å²) in [4.78, 5) is 14.4. The van der Waals surface area contributed by atoms with E-state index >= 15 is 0 Å². The molecule has 2 aromatic rings. The molecular formula is C17H20BrNO2. The van der Waals surface area contributed by atoms with Gasteiger partial charge in [0.1, 0.15) is 0 Å². The van der Waals surface area contributed by atoms with Crippen molar-refractivity contribution in [1.82, 2.24) is 4.90 Å². The lowest BCUT2D eigenvalue weighted by atomic mass is 10.1. The Morgan fingerprint density at radius 2 is 1.86 bits per heavy atom. The monoisotopic (exact) mass is 349 g/mol.